The summed E-state index contributed by atoms with van der Waals surface area (Å²) in [5.74, 6) is 0.994. The Labute approximate surface area is 91.5 Å². The summed E-state index contributed by atoms with van der Waals surface area (Å²) in [6.45, 7) is 6.43. The fourth-order valence-electron chi connectivity index (χ4n) is 1.11. The summed E-state index contributed by atoms with van der Waals surface area (Å²) >= 11 is 1.60. The number of hydrogen-bond donors (Lipinski definition) is 1. The number of carbonyl (C=O) groups is 1. The van der Waals surface area contributed by atoms with Gasteiger partial charge in [0.15, 0.2) is 0 Å². The van der Waals surface area contributed by atoms with Crippen LogP contribution in [0, 0.1) is 5.92 Å². The molecule has 1 atom stereocenters. The molecule has 0 radical (unpaired) electrons. The van der Waals surface area contributed by atoms with Crippen LogP contribution in [-0.4, -0.2) is 22.1 Å². The average molecular weight is 218 g/mol. The number of aliphatic carboxylic acids is 1. The van der Waals surface area contributed by atoms with Crippen LogP contribution in [-0.2, 0) is 4.79 Å². The van der Waals surface area contributed by atoms with Crippen LogP contribution < -0.4 is 0 Å². The molecule has 2 nitrogen and oxygen atoms in total. The fourth-order valence-corrected chi connectivity index (χ4v) is 2.48. The molecule has 0 aromatic heterocycles. The second kappa shape index (κ2) is 8.16. The van der Waals surface area contributed by atoms with Gasteiger partial charge in [0.2, 0.25) is 0 Å². The molecular formula is C11H22O2S. The summed E-state index contributed by atoms with van der Waals surface area (Å²) in [4.78, 5) is 10.9. The van der Waals surface area contributed by atoms with E-state index >= 15 is 0 Å². The van der Waals surface area contributed by atoms with Crippen molar-refractivity contribution in [2.24, 2.45) is 5.92 Å². The fraction of sp³-hybridized carbons (Fsp3) is 0.909. The first kappa shape index (κ1) is 13.8. The second-order valence-corrected chi connectivity index (χ2v) is 5.33. The molecule has 0 aliphatic heterocycles. The average Bonchev–Trinajstić information content (AvgIpc) is 2.09. The van der Waals surface area contributed by atoms with Gasteiger partial charge < -0.3 is 5.11 Å². The van der Waals surface area contributed by atoms with Gasteiger partial charge in [0.1, 0.15) is 5.25 Å². The minimum Gasteiger partial charge on any atom is -0.480 e. The van der Waals surface area contributed by atoms with Gasteiger partial charge in [0, 0.05) is 0 Å². The lowest BCUT2D eigenvalue weighted by atomic mass is 10.2. The molecule has 0 aliphatic rings. The Bertz CT molecular complexity index is 157. The highest BCUT2D eigenvalue weighted by molar-refractivity contribution is 8.00. The van der Waals surface area contributed by atoms with E-state index in [0.717, 1.165) is 31.4 Å². The van der Waals surface area contributed by atoms with Crippen molar-refractivity contribution >= 4 is 17.7 Å². The van der Waals surface area contributed by atoms with Gasteiger partial charge in [-0.1, -0.05) is 33.6 Å². The number of carboxylic acid groups (broad SMARTS) is 1. The third kappa shape index (κ3) is 7.25. The monoisotopic (exact) mass is 218 g/mol. The zero-order valence-electron chi connectivity index (χ0n) is 9.45. The van der Waals surface area contributed by atoms with Crippen LogP contribution in [0.15, 0.2) is 0 Å². The zero-order chi connectivity index (χ0) is 11.0. The number of unbranched alkanes of at least 4 members (excludes halogenated alkanes) is 1. The largest absolute Gasteiger partial charge is 0.480 e. The van der Waals surface area contributed by atoms with Crippen molar-refractivity contribution in [1.82, 2.24) is 0 Å². The van der Waals surface area contributed by atoms with Gasteiger partial charge in [-0.25, -0.2) is 0 Å². The Hall–Kier alpha value is -0.180. The van der Waals surface area contributed by atoms with Crippen LogP contribution in [0.5, 0.6) is 0 Å². The van der Waals surface area contributed by atoms with Crippen molar-refractivity contribution in [3.05, 3.63) is 0 Å². The summed E-state index contributed by atoms with van der Waals surface area (Å²) in [5, 5.41) is 8.76. The number of thioether (sulfide) groups is 1. The lowest BCUT2D eigenvalue weighted by molar-refractivity contribution is -0.136. The summed E-state index contributed by atoms with van der Waals surface area (Å²) in [6, 6.07) is 0. The van der Waals surface area contributed by atoms with E-state index in [2.05, 4.69) is 20.8 Å². The predicted molar refractivity (Wildman–Crippen MR) is 62.9 cm³/mol. The Kier molecular flexibility index (Phi) is 8.05. The van der Waals surface area contributed by atoms with Crippen molar-refractivity contribution in [2.45, 2.75) is 51.7 Å². The van der Waals surface area contributed by atoms with E-state index in [1.54, 1.807) is 11.8 Å². The van der Waals surface area contributed by atoms with Crippen molar-refractivity contribution < 1.29 is 9.90 Å². The minimum absolute atomic E-state index is 0.186. The molecule has 1 unspecified atom stereocenters. The van der Waals surface area contributed by atoms with Crippen LogP contribution in [0.3, 0.4) is 0 Å². The quantitative estimate of drug-likeness (QED) is 0.678. The standard InChI is InChI=1S/C11H22O2S/c1-4-5-6-10(11(12)13)14-8-7-9(2)3/h9-10H,4-8H2,1-3H3,(H,12,13). The van der Waals surface area contributed by atoms with Crippen LogP contribution in [0.2, 0.25) is 0 Å². The molecule has 0 amide bonds. The molecule has 0 fully saturated rings. The highest BCUT2D eigenvalue weighted by atomic mass is 32.2. The van der Waals surface area contributed by atoms with Crippen LogP contribution in [0.1, 0.15) is 46.5 Å². The van der Waals surface area contributed by atoms with Crippen molar-refractivity contribution in [3.8, 4) is 0 Å². The summed E-state index contributed by atoms with van der Waals surface area (Å²) in [5.41, 5.74) is 0. The van der Waals surface area contributed by atoms with Gasteiger partial charge in [0.25, 0.3) is 0 Å². The molecule has 0 rings (SSSR count). The van der Waals surface area contributed by atoms with E-state index in [0.29, 0.717) is 5.92 Å². The molecule has 0 aromatic carbocycles. The van der Waals surface area contributed by atoms with Crippen molar-refractivity contribution in [1.29, 1.82) is 0 Å². The molecule has 0 saturated carbocycles. The molecule has 1 N–H and O–H groups in total. The highest BCUT2D eigenvalue weighted by Gasteiger charge is 2.16. The van der Waals surface area contributed by atoms with Gasteiger partial charge in [0.05, 0.1) is 0 Å². The van der Waals surface area contributed by atoms with Gasteiger partial charge in [-0.2, -0.15) is 0 Å². The van der Waals surface area contributed by atoms with Gasteiger partial charge in [-0.3, -0.25) is 4.79 Å². The second-order valence-electron chi connectivity index (χ2n) is 4.02. The molecule has 84 valence electrons. The van der Waals surface area contributed by atoms with E-state index in [9.17, 15) is 4.79 Å². The maximum atomic E-state index is 10.9. The molecule has 0 saturated heterocycles. The van der Waals surface area contributed by atoms with Crippen LogP contribution in [0.4, 0.5) is 0 Å². The van der Waals surface area contributed by atoms with E-state index in [1.807, 2.05) is 0 Å². The Morgan fingerprint density at radius 2 is 2.00 bits per heavy atom. The highest BCUT2D eigenvalue weighted by Crippen LogP contribution is 2.20. The smallest absolute Gasteiger partial charge is 0.316 e. The van der Waals surface area contributed by atoms with E-state index in [4.69, 9.17) is 5.11 Å². The van der Waals surface area contributed by atoms with E-state index in [1.165, 1.54) is 0 Å². The SMILES string of the molecule is CCCCC(SCCC(C)C)C(=O)O. The van der Waals surface area contributed by atoms with Gasteiger partial charge in [-0.05, 0) is 24.5 Å². The van der Waals surface area contributed by atoms with Crippen LogP contribution >= 0.6 is 11.8 Å². The van der Waals surface area contributed by atoms with E-state index < -0.39 is 5.97 Å². The first-order valence-corrected chi connectivity index (χ1v) is 6.47. The molecular weight excluding hydrogens is 196 g/mol. The Morgan fingerprint density at radius 3 is 2.43 bits per heavy atom. The molecule has 0 aliphatic carbocycles. The summed E-state index contributed by atoms with van der Waals surface area (Å²) in [7, 11) is 0. The molecule has 14 heavy (non-hydrogen) atoms. The number of carboxylic acids is 1. The first-order valence-electron chi connectivity index (χ1n) is 5.42. The minimum atomic E-state index is -0.646. The lowest BCUT2D eigenvalue weighted by Crippen LogP contribution is -2.17. The number of rotatable bonds is 8. The molecule has 0 aromatic rings. The Balaban J connectivity index is 3.68. The number of hydrogen-bond acceptors (Lipinski definition) is 2. The molecule has 0 spiro atoms. The summed E-state index contributed by atoms with van der Waals surface area (Å²) < 4.78 is 0. The van der Waals surface area contributed by atoms with Gasteiger partial charge >= 0.3 is 5.97 Å². The lowest BCUT2D eigenvalue weighted by Gasteiger charge is -2.12. The predicted octanol–water partition coefficient (Wildman–Crippen LogP) is 3.41. The van der Waals surface area contributed by atoms with Gasteiger partial charge in [-0.15, -0.1) is 11.8 Å². The topological polar surface area (TPSA) is 37.3 Å². The third-order valence-corrected chi connectivity index (χ3v) is 3.42. The summed E-state index contributed by atoms with van der Waals surface area (Å²) in [6.07, 6.45) is 4.02. The molecule has 0 heterocycles. The van der Waals surface area contributed by atoms with E-state index in [-0.39, 0.29) is 5.25 Å². The maximum absolute atomic E-state index is 10.9. The normalized spacial score (nSPS) is 13.1. The molecule has 0 bridgehead atoms. The molecule has 3 heteroatoms. The van der Waals surface area contributed by atoms with Crippen molar-refractivity contribution in [2.75, 3.05) is 5.75 Å². The van der Waals surface area contributed by atoms with Crippen molar-refractivity contribution in [3.63, 3.8) is 0 Å². The zero-order valence-corrected chi connectivity index (χ0v) is 10.3. The van der Waals surface area contributed by atoms with Crippen LogP contribution in [0.25, 0.3) is 0 Å². The Morgan fingerprint density at radius 1 is 1.36 bits per heavy atom. The maximum Gasteiger partial charge on any atom is 0.316 e. The third-order valence-electron chi connectivity index (χ3n) is 2.11. The first-order chi connectivity index (χ1) is 6.57.